The van der Waals surface area contributed by atoms with Gasteiger partial charge in [-0.25, -0.2) is 4.79 Å². The maximum Gasteiger partial charge on any atom is 0.314 e. The van der Waals surface area contributed by atoms with E-state index in [1.165, 1.54) is 0 Å². The van der Waals surface area contributed by atoms with Gasteiger partial charge >= 0.3 is 6.03 Å². The van der Waals surface area contributed by atoms with Crippen LogP contribution in [0.3, 0.4) is 0 Å². The van der Waals surface area contributed by atoms with Crippen molar-refractivity contribution in [3.63, 3.8) is 0 Å². The molecular formula is C15H18N2O2. The van der Waals surface area contributed by atoms with Crippen molar-refractivity contribution < 1.29 is 9.90 Å². The second-order valence-electron chi connectivity index (χ2n) is 4.36. The first-order chi connectivity index (χ1) is 9.20. The first-order valence-electron chi connectivity index (χ1n) is 6.43. The zero-order valence-electron chi connectivity index (χ0n) is 10.9. The lowest BCUT2D eigenvalue weighted by atomic mass is 10.0. The summed E-state index contributed by atoms with van der Waals surface area (Å²) in [5.41, 5.74) is 1.12. The predicted molar refractivity (Wildman–Crippen MR) is 76.4 cm³/mol. The first kappa shape index (κ1) is 13.2. The fourth-order valence-corrected chi connectivity index (χ4v) is 2.08. The Balaban J connectivity index is 2.08. The molecule has 0 spiro atoms. The Labute approximate surface area is 112 Å². The number of carbonyl (C=O) groups is 1. The van der Waals surface area contributed by atoms with Gasteiger partial charge in [0.1, 0.15) is 5.75 Å². The second kappa shape index (κ2) is 6.09. The molecule has 0 atom stereocenters. The van der Waals surface area contributed by atoms with Crippen molar-refractivity contribution in [2.24, 2.45) is 0 Å². The zero-order chi connectivity index (χ0) is 13.7. The maximum atomic E-state index is 11.3. The van der Waals surface area contributed by atoms with Gasteiger partial charge in [-0.3, -0.25) is 0 Å². The smallest absolute Gasteiger partial charge is 0.314 e. The van der Waals surface area contributed by atoms with Gasteiger partial charge in [-0.1, -0.05) is 24.3 Å². The van der Waals surface area contributed by atoms with Crippen molar-refractivity contribution >= 4 is 16.8 Å². The van der Waals surface area contributed by atoms with Crippen LogP contribution in [-0.2, 0) is 6.42 Å². The Kier molecular flexibility index (Phi) is 4.23. The van der Waals surface area contributed by atoms with E-state index in [1.54, 1.807) is 12.1 Å². The van der Waals surface area contributed by atoms with E-state index in [9.17, 15) is 9.90 Å². The molecule has 0 aliphatic rings. The van der Waals surface area contributed by atoms with Crippen molar-refractivity contribution in [2.75, 3.05) is 13.1 Å². The minimum atomic E-state index is -0.148. The molecule has 4 nitrogen and oxygen atoms in total. The first-order valence-corrected chi connectivity index (χ1v) is 6.43. The van der Waals surface area contributed by atoms with Crippen molar-refractivity contribution in [3.8, 4) is 5.75 Å². The van der Waals surface area contributed by atoms with Gasteiger partial charge in [0.25, 0.3) is 0 Å². The summed E-state index contributed by atoms with van der Waals surface area (Å²) in [6.45, 7) is 3.07. The Hall–Kier alpha value is -2.23. The Morgan fingerprint density at radius 2 is 2.05 bits per heavy atom. The van der Waals surface area contributed by atoms with Crippen molar-refractivity contribution in [2.45, 2.75) is 13.3 Å². The van der Waals surface area contributed by atoms with Gasteiger partial charge in [-0.05, 0) is 41.8 Å². The van der Waals surface area contributed by atoms with E-state index >= 15 is 0 Å². The average molecular weight is 258 g/mol. The molecule has 0 unspecified atom stereocenters. The van der Waals surface area contributed by atoms with Crippen LogP contribution in [-0.4, -0.2) is 24.2 Å². The van der Waals surface area contributed by atoms with Gasteiger partial charge < -0.3 is 15.7 Å². The van der Waals surface area contributed by atoms with Gasteiger partial charge in [0, 0.05) is 13.1 Å². The molecule has 4 heteroatoms. The van der Waals surface area contributed by atoms with Crippen LogP contribution in [0.25, 0.3) is 10.8 Å². The van der Waals surface area contributed by atoms with Crippen molar-refractivity contribution in [1.29, 1.82) is 0 Å². The van der Waals surface area contributed by atoms with Crippen LogP contribution >= 0.6 is 0 Å². The molecule has 2 rings (SSSR count). The summed E-state index contributed by atoms with van der Waals surface area (Å²) in [6, 6.07) is 11.2. The van der Waals surface area contributed by atoms with E-state index in [0.29, 0.717) is 13.1 Å². The van der Waals surface area contributed by atoms with Crippen molar-refractivity contribution in [3.05, 3.63) is 42.0 Å². The molecule has 0 aromatic heterocycles. The normalized spacial score (nSPS) is 10.4. The molecule has 2 aromatic carbocycles. The number of urea groups is 1. The molecule has 0 heterocycles. The fourth-order valence-electron chi connectivity index (χ4n) is 2.08. The molecule has 2 amide bonds. The van der Waals surface area contributed by atoms with Crippen LogP contribution in [0.2, 0.25) is 0 Å². The third kappa shape index (κ3) is 3.37. The molecule has 0 aliphatic carbocycles. The molecule has 100 valence electrons. The summed E-state index contributed by atoms with van der Waals surface area (Å²) in [5.74, 6) is 0.261. The number of aromatic hydroxyl groups is 1. The Morgan fingerprint density at radius 3 is 2.84 bits per heavy atom. The van der Waals surface area contributed by atoms with Gasteiger partial charge in [0.2, 0.25) is 0 Å². The SMILES string of the molecule is CCNC(=O)NCCc1cccc2ccc(O)cc12. The van der Waals surface area contributed by atoms with E-state index in [2.05, 4.69) is 10.6 Å². The molecule has 0 saturated heterocycles. The molecule has 19 heavy (non-hydrogen) atoms. The number of fused-ring (bicyclic) bond motifs is 1. The predicted octanol–water partition coefficient (Wildman–Crippen LogP) is 2.41. The highest BCUT2D eigenvalue weighted by Crippen LogP contribution is 2.23. The van der Waals surface area contributed by atoms with Gasteiger partial charge in [-0.15, -0.1) is 0 Å². The minimum Gasteiger partial charge on any atom is -0.508 e. The number of benzene rings is 2. The highest BCUT2D eigenvalue weighted by atomic mass is 16.3. The lowest BCUT2D eigenvalue weighted by Gasteiger charge is -2.08. The fraction of sp³-hybridized carbons (Fsp3) is 0.267. The van der Waals surface area contributed by atoms with Crippen LogP contribution in [0.1, 0.15) is 12.5 Å². The van der Waals surface area contributed by atoms with E-state index in [-0.39, 0.29) is 11.8 Å². The standard InChI is InChI=1S/C15H18N2O2/c1-2-16-15(19)17-9-8-12-5-3-4-11-6-7-13(18)10-14(11)12/h3-7,10,18H,2,8-9H2,1H3,(H2,16,17,19). The lowest BCUT2D eigenvalue weighted by Crippen LogP contribution is -2.36. The van der Waals surface area contributed by atoms with Gasteiger partial charge in [-0.2, -0.15) is 0 Å². The molecular weight excluding hydrogens is 240 g/mol. The molecule has 2 aromatic rings. The highest BCUT2D eigenvalue weighted by Gasteiger charge is 2.03. The highest BCUT2D eigenvalue weighted by molar-refractivity contribution is 5.87. The number of amides is 2. The Bertz CT molecular complexity index is 581. The summed E-state index contributed by atoms with van der Waals surface area (Å²) >= 11 is 0. The summed E-state index contributed by atoms with van der Waals surface area (Å²) in [5, 5.41) is 17.2. The number of hydrogen-bond acceptors (Lipinski definition) is 2. The molecule has 0 fully saturated rings. The number of rotatable bonds is 4. The van der Waals surface area contributed by atoms with Gasteiger partial charge in [0.15, 0.2) is 0 Å². The van der Waals surface area contributed by atoms with Crippen molar-refractivity contribution in [1.82, 2.24) is 10.6 Å². The molecule has 0 saturated carbocycles. The van der Waals surface area contributed by atoms with E-state index in [0.717, 1.165) is 22.8 Å². The minimum absolute atomic E-state index is 0.148. The summed E-state index contributed by atoms with van der Waals surface area (Å²) in [7, 11) is 0. The number of phenolic OH excluding ortho intramolecular Hbond substituents is 1. The third-order valence-electron chi connectivity index (χ3n) is 2.97. The second-order valence-corrected chi connectivity index (χ2v) is 4.36. The molecule has 0 aliphatic heterocycles. The monoisotopic (exact) mass is 258 g/mol. The number of nitrogens with one attached hydrogen (secondary N) is 2. The van der Waals surface area contributed by atoms with Gasteiger partial charge in [0.05, 0.1) is 0 Å². The maximum absolute atomic E-state index is 11.3. The average Bonchev–Trinajstić information content (AvgIpc) is 2.39. The molecule has 0 radical (unpaired) electrons. The number of carbonyl (C=O) groups excluding carboxylic acids is 1. The summed E-state index contributed by atoms with van der Waals surface area (Å²) in [6.07, 6.45) is 0.734. The third-order valence-corrected chi connectivity index (χ3v) is 2.97. The summed E-state index contributed by atoms with van der Waals surface area (Å²) in [4.78, 5) is 11.3. The van der Waals surface area contributed by atoms with E-state index in [1.807, 2.05) is 31.2 Å². The van der Waals surface area contributed by atoms with Crippen LogP contribution in [0.4, 0.5) is 4.79 Å². The van der Waals surface area contributed by atoms with Crippen LogP contribution in [0.5, 0.6) is 5.75 Å². The molecule has 0 bridgehead atoms. The van der Waals surface area contributed by atoms with Crippen LogP contribution < -0.4 is 10.6 Å². The van der Waals surface area contributed by atoms with Crippen LogP contribution in [0.15, 0.2) is 36.4 Å². The topological polar surface area (TPSA) is 61.4 Å². The largest absolute Gasteiger partial charge is 0.508 e. The quantitative estimate of drug-likeness (QED) is 0.788. The van der Waals surface area contributed by atoms with E-state index in [4.69, 9.17) is 0 Å². The Morgan fingerprint density at radius 1 is 1.21 bits per heavy atom. The van der Waals surface area contributed by atoms with E-state index < -0.39 is 0 Å². The lowest BCUT2D eigenvalue weighted by molar-refractivity contribution is 0.241. The number of hydrogen-bond donors (Lipinski definition) is 3. The van der Waals surface area contributed by atoms with Crippen LogP contribution in [0, 0.1) is 0 Å². The molecule has 3 N–H and O–H groups in total. The zero-order valence-corrected chi connectivity index (χ0v) is 10.9. The summed E-state index contributed by atoms with van der Waals surface area (Å²) < 4.78 is 0. The number of phenols is 1.